The van der Waals surface area contributed by atoms with Crippen molar-refractivity contribution in [2.75, 3.05) is 0 Å². The third-order valence-corrected chi connectivity index (χ3v) is 27.6. The van der Waals surface area contributed by atoms with Crippen LogP contribution in [0.3, 0.4) is 0 Å². The zero-order valence-corrected chi connectivity index (χ0v) is 74.8. The Morgan fingerprint density at radius 2 is 0.592 bits per heavy atom. The van der Waals surface area contributed by atoms with Crippen LogP contribution in [0.5, 0.6) is 0 Å². The Morgan fingerprint density at radius 1 is 0.304 bits per heavy atom. The molecule has 4 heterocycles. The number of aryl methyl sites for hydroxylation is 12. The van der Waals surface area contributed by atoms with Gasteiger partial charge in [0, 0.05) is 41.9 Å². The fourth-order valence-corrected chi connectivity index (χ4v) is 22.8. The maximum Gasteiger partial charge on any atom is 0.221 e. The summed E-state index contributed by atoms with van der Waals surface area (Å²) in [5.74, 6) is -1.09. The monoisotopic (exact) mass is 1640 g/mol. The van der Waals surface area contributed by atoms with Crippen molar-refractivity contribution < 1.29 is 37.5 Å². The van der Waals surface area contributed by atoms with Gasteiger partial charge in [0.2, 0.25) is 22.1 Å². The molecule has 0 atom stereocenters. The van der Waals surface area contributed by atoms with Crippen LogP contribution in [0.15, 0.2) is 249 Å². The van der Waals surface area contributed by atoms with Crippen molar-refractivity contribution in [3.8, 4) is 44.5 Å². The van der Waals surface area contributed by atoms with Crippen LogP contribution in [-0.2, 0) is 66.6 Å². The minimum absolute atomic E-state index is 0.0705. The predicted octanol–water partition coefficient (Wildman–Crippen LogP) is 28.9. The summed E-state index contributed by atoms with van der Waals surface area (Å²) in [7, 11) is 7.90. The summed E-state index contributed by atoms with van der Waals surface area (Å²) in [5, 5.41) is 21.7. The van der Waals surface area contributed by atoms with E-state index in [1.54, 1.807) is 32.4 Å². The number of nitrogens with zero attached hydrogens (tertiary/aromatic N) is 4. The van der Waals surface area contributed by atoms with Gasteiger partial charge in [0.1, 0.15) is 28.2 Å². The molecule has 4 aliphatic rings. The van der Waals surface area contributed by atoms with Crippen molar-refractivity contribution >= 4 is 130 Å². The Labute approximate surface area is 756 Å². The molecule has 0 saturated carbocycles. The molecule has 20 aromatic rings. The minimum Gasteiger partial charge on any atom is -0.200 e. The zero-order chi connectivity index (χ0) is 98.6. The van der Waals surface area contributed by atoms with E-state index in [-0.39, 0.29) is 16.7 Å². The van der Waals surface area contributed by atoms with Crippen molar-refractivity contribution in [2.45, 2.75) is 155 Å². The summed E-state index contributed by atoms with van der Waals surface area (Å²) < 4.78 is 129. The van der Waals surface area contributed by atoms with E-state index in [2.05, 4.69) is 221 Å². The summed E-state index contributed by atoms with van der Waals surface area (Å²) in [6.45, 7) is 18.9. The van der Waals surface area contributed by atoms with E-state index in [1.807, 2.05) is 132 Å². The zero-order valence-electron chi connectivity index (χ0n) is 88.8. The van der Waals surface area contributed by atoms with Crippen LogP contribution in [0, 0.1) is 66.0 Å². The van der Waals surface area contributed by atoms with Crippen LogP contribution in [0.1, 0.15) is 186 Å². The first kappa shape index (κ1) is 64.9. The van der Waals surface area contributed by atoms with Gasteiger partial charge in [0.05, 0.1) is 43.1 Å². The first-order valence-corrected chi connectivity index (χ1v) is 44.2. The summed E-state index contributed by atoms with van der Waals surface area (Å²) in [4.78, 5) is 0. The number of benzene rings is 16. The Kier molecular flexibility index (Phi) is 15.3. The van der Waals surface area contributed by atoms with Gasteiger partial charge in [-0.05, 0) is 333 Å². The number of hydrogen-bond acceptors (Lipinski definition) is 0. The lowest BCUT2D eigenvalue weighted by atomic mass is 9.82. The second-order valence-electron chi connectivity index (χ2n) is 38.2. The number of aromatic nitrogens is 4. The van der Waals surface area contributed by atoms with E-state index >= 15 is 0 Å². The van der Waals surface area contributed by atoms with Gasteiger partial charge in [-0.15, -0.1) is 0 Å². The van der Waals surface area contributed by atoms with Crippen molar-refractivity contribution in [1.82, 2.24) is 0 Å². The number of fused-ring (bicyclic) bond motifs is 36. The molecule has 0 N–H and O–H groups in total. The Morgan fingerprint density at radius 3 is 0.952 bits per heavy atom. The lowest BCUT2D eigenvalue weighted by Gasteiger charge is -2.22. The van der Waals surface area contributed by atoms with E-state index in [4.69, 9.17) is 13.7 Å². The second-order valence-corrected chi connectivity index (χ2v) is 38.2. The highest BCUT2D eigenvalue weighted by molar-refractivity contribution is 6.30. The van der Waals surface area contributed by atoms with Gasteiger partial charge < -0.3 is 0 Å². The molecule has 0 radical (unpaired) electrons. The molecule has 0 amide bonds. The van der Waals surface area contributed by atoms with Crippen LogP contribution in [0.25, 0.3) is 174 Å². The normalized spacial score (nSPS) is 15.2. The molecule has 16 aromatic carbocycles. The van der Waals surface area contributed by atoms with E-state index in [1.165, 1.54) is 143 Å². The van der Waals surface area contributed by atoms with Crippen LogP contribution in [-0.4, -0.2) is 0 Å². The first-order chi connectivity index (χ1) is 65.6. The van der Waals surface area contributed by atoms with Gasteiger partial charge in [0.25, 0.3) is 0 Å². The third-order valence-electron chi connectivity index (χ3n) is 27.6. The molecule has 0 fully saturated rings. The van der Waals surface area contributed by atoms with Crippen LogP contribution in [0.4, 0.5) is 0 Å². The summed E-state index contributed by atoms with van der Waals surface area (Å²) in [6.07, 6.45) is 7.55. The minimum atomic E-state index is -2.47. The average Bonchev–Trinajstić information content (AvgIpc) is 1.70. The molecule has 24 rings (SSSR count). The van der Waals surface area contributed by atoms with Gasteiger partial charge in [-0.1, -0.05) is 250 Å². The lowest BCUT2D eigenvalue weighted by Crippen LogP contribution is -2.31. The summed E-state index contributed by atoms with van der Waals surface area (Å²) in [5.41, 5.74) is 32.1. The number of hydrogen-bond donors (Lipinski definition) is 0. The van der Waals surface area contributed by atoms with Gasteiger partial charge >= 0.3 is 0 Å². The summed E-state index contributed by atoms with van der Waals surface area (Å²) >= 11 is 0. The Hall–Kier alpha value is -12.8. The average molecular weight is 1640 g/mol. The lowest BCUT2D eigenvalue weighted by molar-refractivity contribution is -0.644. The van der Waals surface area contributed by atoms with Gasteiger partial charge in [-0.25, -0.2) is 18.3 Å². The van der Waals surface area contributed by atoms with Crippen molar-refractivity contribution in [1.29, 1.82) is 0 Å². The molecule has 4 nitrogen and oxygen atoms in total. The smallest absolute Gasteiger partial charge is 0.200 e. The molecule has 4 aliphatic carbocycles. The second kappa shape index (κ2) is 29.5. The fourth-order valence-electron chi connectivity index (χ4n) is 22.8. The van der Waals surface area contributed by atoms with E-state index < -0.39 is 50.0 Å². The number of rotatable bonds is 3. The SMILES string of the molecule is [2H]C([2H])([2H])c1c[n+](C)c2c(c1C)c1ccccc1c1cc3c(c(C)c12)-c1ccccc1C3.[2H]C([2H])([2H])c1c[n+](C)c2c3c(C)c4c(cc3c3ccccc3c2c1C([2H])(C)C)Cc1ccccc1-4.[2H]C([2H])([2H])c1c[n+](C)c2c3c(C)c4c(cc3c3ccccc3c2c1C([2H])([2H])C(C)(C)C)Cc1ccccc1-4.[2H]C([2H])(c1cc[n+](C)c2c1c1ccccc1c1cc3c(c(C)c12)-c1ccccc1C3)C(C)(C)C. The van der Waals surface area contributed by atoms with Crippen LogP contribution >= 0.6 is 0 Å². The van der Waals surface area contributed by atoms with E-state index in [9.17, 15) is 5.48 Å². The van der Waals surface area contributed by atoms with E-state index in [0.29, 0.717) is 16.5 Å². The van der Waals surface area contributed by atoms with Crippen molar-refractivity contribution in [3.05, 3.63) is 355 Å². The highest BCUT2D eigenvalue weighted by Crippen LogP contribution is 2.53. The molecular weight excluding hydrogens is 1510 g/mol. The molecule has 0 unspecified atom stereocenters. The topological polar surface area (TPSA) is 15.5 Å². The Bertz CT molecular complexity index is 8810. The van der Waals surface area contributed by atoms with Crippen molar-refractivity contribution in [3.63, 3.8) is 0 Å². The quantitative estimate of drug-likeness (QED) is 0.124. The van der Waals surface area contributed by atoms with Crippen LogP contribution in [0.2, 0.25) is 0 Å². The van der Waals surface area contributed by atoms with E-state index in [0.717, 1.165) is 129 Å². The molecule has 0 spiro atoms. The van der Waals surface area contributed by atoms with Gasteiger partial charge in [0.15, 0.2) is 24.8 Å². The standard InChI is InChI=1S/C32H32N.C31H30N.C30H28N.C28H24N/c1-19-18-33(6)31-29-20(2)28-22(15-21-11-7-8-12-23(21)28)16-26(29)24-13-9-10-14-25(24)30(31)27(19)17-32(3,4)5;1-19-27-22(16-20-10-6-7-11-23(20)27)17-26-24-12-8-9-13-25(24)29-21(18-31(2,3)4)14-15-32(5)30(29)28(19)26;1-17(2)26-18(3)16-31(5)30-28-19(4)27-21(14-20-10-6-7-11-22(20)27)15-25(28)23-12-8-9-13-24(23)29(26)30;1-16-15-29(4)28-26(17(16)2)23-12-8-7-11-22(23)24-14-20-13-19-9-5-6-10-21(19)25(20)18(3)27(24)28/h7-14,16,18H,15,17H2,1-6H3;6-15,17H,16,18H2,1-5H3;6-13,15-17H,14H2,1-5H3;5-12,14-15H,13H2,1-4H3/q4*+1/i1D3,17D2;18D2;3D3,17D;1D3. The first-order valence-electron chi connectivity index (χ1n) is 51.2. The largest absolute Gasteiger partial charge is 0.221 e. The molecule has 614 valence electrons. The summed E-state index contributed by atoms with van der Waals surface area (Å²) in [6, 6.07) is 79.3. The fraction of sp³-hybridized carbons (Fsp3) is 0.240. The van der Waals surface area contributed by atoms with Crippen LogP contribution < -0.4 is 18.3 Å². The molecule has 125 heavy (non-hydrogen) atoms. The van der Waals surface area contributed by atoms with Gasteiger partial charge in [-0.3, -0.25) is 0 Å². The number of pyridine rings is 4. The molecule has 4 aromatic heterocycles. The third kappa shape index (κ3) is 12.5. The molecule has 0 saturated heterocycles. The highest BCUT2D eigenvalue weighted by Gasteiger charge is 2.35. The highest BCUT2D eigenvalue weighted by atomic mass is 14.9. The molecule has 0 aliphatic heterocycles. The van der Waals surface area contributed by atoms with Crippen molar-refractivity contribution in [2.24, 2.45) is 39.0 Å². The molecular formula is C121H114N4+4. The maximum absolute atomic E-state index is 9.36. The molecule has 4 heteroatoms. The predicted molar refractivity (Wildman–Crippen MR) is 532 cm³/mol. The maximum atomic E-state index is 9.36. The molecule has 0 bridgehead atoms. The van der Waals surface area contributed by atoms with Gasteiger partial charge in [-0.2, -0.15) is 0 Å². The Balaban J connectivity index is 0.000000110.